The van der Waals surface area contributed by atoms with E-state index in [-0.39, 0.29) is 5.56 Å². The fourth-order valence-corrected chi connectivity index (χ4v) is 3.89. The SMILES string of the molecule is Cc1sc(-c2ccccc2)nc1-c1ccc(NC(=O)c2ccc(F)cc2F)cc1. The van der Waals surface area contributed by atoms with E-state index in [1.807, 2.05) is 49.4 Å². The van der Waals surface area contributed by atoms with Crippen LogP contribution in [0.25, 0.3) is 21.8 Å². The minimum absolute atomic E-state index is 0.210. The zero-order valence-corrected chi connectivity index (χ0v) is 16.3. The highest BCUT2D eigenvalue weighted by atomic mass is 32.1. The summed E-state index contributed by atoms with van der Waals surface area (Å²) in [6.45, 7) is 2.02. The molecule has 6 heteroatoms. The Morgan fingerprint density at radius 2 is 1.66 bits per heavy atom. The summed E-state index contributed by atoms with van der Waals surface area (Å²) >= 11 is 1.62. The van der Waals surface area contributed by atoms with E-state index in [1.54, 1.807) is 23.5 Å². The highest BCUT2D eigenvalue weighted by Crippen LogP contribution is 2.33. The Kier molecular flexibility index (Phi) is 5.18. The van der Waals surface area contributed by atoms with Crippen molar-refractivity contribution in [2.24, 2.45) is 0 Å². The van der Waals surface area contributed by atoms with Crippen LogP contribution in [0.5, 0.6) is 0 Å². The molecule has 0 fully saturated rings. The quantitative estimate of drug-likeness (QED) is 0.431. The van der Waals surface area contributed by atoms with Crippen LogP contribution in [0.4, 0.5) is 14.5 Å². The van der Waals surface area contributed by atoms with Crippen molar-refractivity contribution in [3.63, 3.8) is 0 Å². The van der Waals surface area contributed by atoms with E-state index in [0.717, 1.165) is 38.8 Å². The van der Waals surface area contributed by atoms with Gasteiger partial charge in [0.2, 0.25) is 0 Å². The molecule has 29 heavy (non-hydrogen) atoms. The van der Waals surface area contributed by atoms with Gasteiger partial charge in [-0.3, -0.25) is 4.79 Å². The van der Waals surface area contributed by atoms with Crippen molar-refractivity contribution in [2.45, 2.75) is 6.92 Å². The van der Waals surface area contributed by atoms with Crippen molar-refractivity contribution >= 4 is 22.9 Å². The number of halogens is 2. The minimum atomic E-state index is -0.898. The summed E-state index contributed by atoms with van der Waals surface area (Å²) in [5.74, 6) is -2.26. The van der Waals surface area contributed by atoms with Crippen LogP contribution in [0.1, 0.15) is 15.2 Å². The van der Waals surface area contributed by atoms with Gasteiger partial charge >= 0.3 is 0 Å². The van der Waals surface area contributed by atoms with Crippen LogP contribution < -0.4 is 5.32 Å². The maximum atomic E-state index is 13.8. The predicted octanol–water partition coefficient (Wildman–Crippen LogP) is 6.32. The van der Waals surface area contributed by atoms with Crippen LogP contribution in [0, 0.1) is 18.6 Å². The molecular formula is C23H16F2N2OS. The molecule has 0 spiro atoms. The second-order valence-corrected chi connectivity index (χ2v) is 7.65. The highest BCUT2D eigenvalue weighted by Gasteiger charge is 2.14. The number of benzene rings is 3. The molecule has 0 saturated carbocycles. The Bertz CT molecular complexity index is 1170. The van der Waals surface area contributed by atoms with Gasteiger partial charge in [0.15, 0.2) is 0 Å². The number of hydrogen-bond donors (Lipinski definition) is 1. The largest absolute Gasteiger partial charge is 0.322 e. The van der Waals surface area contributed by atoms with E-state index in [1.165, 1.54) is 0 Å². The first-order valence-electron chi connectivity index (χ1n) is 8.91. The molecule has 0 bridgehead atoms. The number of hydrogen-bond acceptors (Lipinski definition) is 3. The van der Waals surface area contributed by atoms with Crippen LogP contribution in [0.2, 0.25) is 0 Å². The molecule has 1 N–H and O–H groups in total. The molecule has 0 aliphatic carbocycles. The van der Waals surface area contributed by atoms with E-state index in [4.69, 9.17) is 4.98 Å². The molecule has 0 radical (unpaired) electrons. The summed E-state index contributed by atoms with van der Waals surface area (Å²) in [6.07, 6.45) is 0. The molecule has 1 heterocycles. The fourth-order valence-electron chi connectivity index (χ4n) is 2.95. The molecule has 0 unspecified atom stereocenters. The third-order valence-corrected chi connectivity index (χ3v) is 5.43. The van der Waals surface area contributed by atoms with Crippen molar-refractivity contribution in [2.75, 3.05) is 5.32 Å². The van der Waals surface area contributed by atoms with Gasteiger partial charge in [-0.2, -0.15) is 0 Å². The maximum Gasteiger partial charge on any atom is 0.258 e. The zero-order chi connectivity index (χ0) is 20.4. The lowest BCUT2D eigenvalue weighted by Crippen LogP contribution is -2.13. The number of aromatic nitrogens is 1. The summed E-state index contributed by atoms with van der Waals surface area (Å²) in [5.41, 5.74) is 3.18. The molecule has 0 aliphatic rings. The van der Waals surface area contributed by atoms with E-state index in [9.17, 15) is 13.6 Å². The molecule has 0 aliphatic heterocycles. The van der Waals surface area contributed by atoms with Crippen molar-refractivity contribution in [3.05, 3.63) is 94.9 Å². The number of carbonyl (C=O) groups is 1. The van der Waals surface area contributed by atoms with Crippen LogP contribution >= 0.6 is 11.3 Å². The summed E-state index contributed by atoms with van der Waals surface area (Å²) in [6, 6.07) is 20.0. The predicted molar refractivity (Wildman–Crippen MR) is 112 cm³/mol. The van der Waals surface area contributed by atoms with Gasteiger partial charge in [0.25, 0.3) is 5.91 Å². The second-order valence-electron chi connectivity index (χ2n) is 6.45. The van der Waals surface area contributed by atoms with Crippen molar-refractivity contribution < 1.29 is 13.6 Å². The lowest BCUT2D eigenvalue weighted by molar-refractivity contribution is 0.102. The number of carbonyl (C=O) groups excluding carboxylic acids is 1. The zero-order valence-electron chi connectivity index (χ0n) is 15.4. The van der Waals surface area contributed by atoms with Gasteiger partial charge in [0.1, 0.15) is 16.6 Å². The minimum Gasteiger partial charge on any atom is -0.322 e. The van der Waals surface area contributed by atoms with E-state index < -0.39 is 17.5 Å². The van der Waals surface area contributed by atoms with Crippen LogP contribution in [0.3, 0.4) is 0 Å². The van der Waals surface area contributed by atoms with E-state index >= 15 is 0 Å². The number of aryl methyl sites for hydroxylation is 1. The molecule has 0 atom stereocenters. The lowest BCUT2D eigenvalue weighted by Gasteiger charge is -2.07. The number of thiazole rings is 1. The summed E-state index contributed by atoms with van der Waals surface area (Å²) < 4.78 is 26.8. The maximum absolute atomic E-state index is 13.8. The van der Waals surface area contributed by atoms with Crippen molar-refractivity contribution in [1.29, 1.82) is 0 Å². The highest BCUT2D eigenvalue weighted by molar-refractivity contribution is 7.15. The molecule has 144 valence electrons. The van der Waals surface area contributed by atoms with Gasteiger partial charge in [-0.1, -0.05) is 42.5 Å². The summed E-state index contributed by atoms with van der Waals surface area (Å²) in [7, 11) is 0. The number of nitrogens with one attached hydrogen (secondary N) is 1. The monoisotopic (exact) mass is 406 g/mol. The number of rotatable bonds is 4. The first-order valence-corrected chi connectivity index (χ1v) is 9.72. The Hall–Kier alpha value is -3.38. The van der Waals surface area contributed by atoms with Gasteiger partial charge in [-0.05, 0) is 31.2 Å². The average molecular weight is 406 g/mol. The third-order valence-electron chi connectivity index (χ3n) is 4.41. The average Bonchev–Trinajstić information content (AvgIpc) is 3.11. The number of anilines is 1. The Morgan fingerprint density at radius 3 is 2.34 bits per heavy atom. The van der Waals surface area contributed by atoms with Gasteiger partial charge in [0.05, 0.1) is 11.3 Å². The molecule has 3 nitrogen and oxygen atoms in total. The molecule has 1 amide bonds. The second kappa shape index (κ2) is 7.93. The van der Waals surface area contributed by atoms with Crippen molar-refractivity contribution in [3.8, 4) is 21.8 Å². The third kappa shape index (κ3) is 4.07. The molecular weight excluding hydrogens is 390 g/mol. The van der Waals surface area contributed by atoms with Gasteiger partial charge in [-0.25, -0.2) is 13.8 Å². The van der Waals surface area contributed by atoms with Crippen molar-refractivity contribution in [1.82, 2.24) is 4.98 Å². The smallest absolute Gasteiger partial charge is 0.258 e. The number of amides is 1. The van der Waals surface area contributed by atoms with Gasteiger partial charge < -0.3 is 5.32 Å². The molecule has 4 rings (SSSR count). The lowest BCUT2D eigenvalue weighted by atomic mass is 10.1. The molecule has 0 saturated heterocycles. The van der Waals surface area contributed by atoms with Gasteiger partial charge in [0, 0.05) is 27.8 Å². The molecule has 4 aromatic rings. The topological polar surface area (TPSA) is 42.0 Å². The fraction of sp³-hybridized carbons (Fsp3) is 0.0435. The Labute approximate surface area is 170 Å². The first-order chi connectivity index (χ1) is 14.0. The van der Waals surface area contributed by atoms with Crippen LogP contribution in [0.15, 0.2) is 72.8 Å². The standard InChI is InChI=1S/C23H16F2N2OS/c1-14-21(27-23(29-14)16-5-3-2-4-6-16)15-7-10-18(11-8-15)26-22(28)19-12-9-17(24)13-20(19)25/h2-13H,1H3,(H,26,28). The van der Waals surface area contributed by atoms with Gasteiger partial charge in [-0.15, -0.1) is 11.3 Å². The van der Waals surface area contributed by atoms with E-state index in [2.05, 4.69) is 5.32 Å². The Balaban J connectivity index is 1.54. The Morgan fingerprint density at radius 1 is 0.931 bits per heavy atom. The number of nitrogens with zero attached hydrogens (tertiary/aromatic N) is 1. The summed E-state index contributed by atoms with van der Waals surface area (Å²) in [4.78, 5) is 18.1. The molecule has 3 aromatic carbocycles. The first kappa shape index (κ1) is 19.0. The molecule has 1 aromatic heterocycles. The normalized spacial score (nSPS) is 10.7. The van der Waals surface area contributed by atoms with E-state index in [0.29, 0.717) is 11.8 Å². The van der Waals surface area contributed by atoms with Crippen LogP contribution in [-0.4, -0.2) is 10.9 Å². The van der Waals surface area contributed by atoms with Crippen LogP contribution in [-0.2, 0) is 0 Å². The summed E-state index contributed by atoms with van der Waals surface area (Å²) in [5, 5.41) is 3.57.